The van der Waals surface area contributed by atoms with E-state index in [9.17, 15) is 0 Å². The third-order valence-corrected chi connectivity index (χ3v) is 6.04. The van der Waals surface area contributed by atoms with Crippen LogP contribution in [-0.4, -0.2) is 47.7 Å². The van der Waals surface area contributed by atoms with Crippen LogP contribution in [0, 0.1) is 0 Å². The second-order valence-corrected chi connectivity index (χ2v) is 7.57. The van der Waals surface area contributed by atoms with Crippen molar-refractivity contribution in [2.24, 2.45) is 0 Å². The van der Waals surface area contributed by atoms with Gasteiger partial charge in [-0.25, -0.2) is 4.98 Å². The third-order valence-electron chi connectivity index (χ3n) is 6.04. The van der Waals surface area contributed by atoms with E-state index >= 15 is 0 Å². The van der Waals surface area contributed by atoms with Crippen LogP contribution >= 0.6 is 0 Å². The number of likely N-dealkylation sites (tertiary alicyclic amines) is 1. The number of hydrogen-bond acceptors (Lipinski definition) is 4. The number of aromatic nitrogens is 2. The van der Waals surface area contributed by atoms with Crippen LogP contribution in [-0.2, 0) is 6.42 Å². The number of likely N-dealkylation sites (N-methyl/N-ethyl adjacent to an activating group) is 1. The van der Waals surface area contributed by atoms with Crippen LogP contribution in [0.3, 0.4) is 0 Å². The first kappa shape index (κ1) is 15.7. The molecule has 2 N–H and O–H groups in total. The molecule has 1 aromatic carbocycles. The average molecular weight is 348 g/mol. The summed E-state index contributed by atoms with van der Waals surface area (Å²) in [5.74, 6) is 1.21. The number of hydrogen-bond donors (Lipinski definition) is 2. The third kappa shape index (κ3) is 2.46. The Balaban J connectivity index is 1.43. The summed E-state index contributed by atoms with van der Waals surface area (Å²) in [4.78, 5) is 10.3. The molecule has 3 heterocycles. The number of anilines is 1. The van der Waals surface area contributed by atoms with Crippen LogP contribution in [0.15, 0.2) is 42.7 Å². The van der Waals surface area contributed by atoms with Gasteiger partial charge in [-0.15, -0.1) is 0 Å². The number of methoxy groups -OCH3 is 1. The second kappa shape index (κ2) is 6.02. The number of nitrogens with one attached hydrogen (secondary N) is 2. The molecule has 0 spiro atoms. The summed E-state index contributed by atoms with van der Waals surface area (Å²) in [5, 5.41) is 5.13. The van der Waals surface area contributed by atoms with Gasteiger partial charge in [0, 0.05) is 47.7 Å². The number of rotatable bonds is 3. The SMILES string of the molecule is COc1ccc(NC2CC3c4cccc5[nH]cc(c45)C[C@H]3N(C)C2)cn1. The largest absolute Gasteiger partial charge is 0.481 e. The molecule has 1 aliphatic heterocycles. The molecule has 5 heteroatoms. The molecule has 2 aliphatic rings. The van der Waals surface area contributed by atoms with Gasteiger partial charge in [0.25, 0.3) is 0 Å². The van der Waals surface area contributed by atoms with Crippen molar-refractivity contribution < 1.29 is 4.74 Å². The topological polar surface area (TPSA) is 53.2 Å². The Morgan fingerprint density at radius 3 is 3.00 bits per heavy atom. The minimum absolute atomic E-state index is 0.409. The quantitative estimate of drug-likeness (QED) is 0.762. The maximum Gasteiger partial charge on any atom is 0.213 e. The minimum Gasteiger partial charge on any atom is -0.481 e. The summed E-state index contributed by atoms with van der Waals surface area (Å²) in [7, 11) is 3.90. The smallest absolute Gasteiger partial charge is 0.213 e. The predicted molar refractivity (Wildman–Crippen MR) is 104 cm³/mol. The van der Waals surface area contributed by atoms with E-state index < -0.39 is 0 Å². The lowest BCUT2D eigenvalue weighted by molar-refractivity contribution is 0.147. The lowest BCUT2D eigenvalue weighted by atomic mass is 9.74. The second-order valence-electron chi connectivity index (χ2n) is 7.57. The Hall–Kier alpha value is -2.53. The molecule has 2 unspecified atom stereocenters. The van der Waals surface area contributed by atoms with Crippen molar-refractivity contribution >= 4 is 16.6 Å². The molecule has 5 rings (SSSR count). The van der Waals surface area contributed by atoms with Crippen LogP contribution in [0.5, 0.6) is 5.88 Å². The average Bonchev–Trinajstić information content (AvgIpc) is 3.08. The van der Waals surface area contributed by atoms with E-state index in [1.165, 1.54) is 22.0 Å². The molecule has 0 saturated carbocycles. The maximum atomic E-state index is 5.15. The van der Waals surface area contributed by atoms with Crippen LogP contribution in [0.1, 0.15) is 23.5 Å². The number of ether oxygens (including phenoxy) is 1. The summed E-state index contributed by atoms with van der Waals surface area (Å²) in [5.41, 5.74) is 5.29. The van der Waals surface area contributed by atoms with E-state index in [1.54, 1.807) is 7.11 Å². The number of piperidine rings is 1. The summed E-state index contributed by atoms with van der Waals surface area (Å²) >= 11 is 0. The molecule has 3 aromatic rings. The van der Waals surface area contributed by atoms with E-state index in [0.29, 0.717) is 23.9 Å². The Kier molecular flexibility index (Phi) is 3.64. The van der Waals surface area contributed by atoms with Gasteiger partial charge in [0.15, 0.2) is 0 Å². The molecule has 134 valence electrons. The van der Waals surface area contributed by atoms with Crippen molar-refractivity contribution in [3.05, 3.63) is 53.9 Å². The summed E-state index contributed by atoms with van der Waals surface area (Å²) in [6.45, 7) is 1.04. The number of H-pyrrole nitrogens is 1. The van der Waals surface area contributed by atoms with Gasteiger partial charge in [0.2, 0.25) is 5.88 Å². The van der Waals surface area contributed by atoms with E-state index in [0.717, 1.165) is 25.1 Å². The van der Waals surface area contributed by atoms with Crippen LogP contribution in [0.4, 0.5) is 5.69 Å². The number of pyridine rings is 1. The zero-order valence-corrected chi connectivity index (χ0v) is 15.2. The van der Waals surface area contributed by atoms with Crippen LogP contribution < -0.4 is 10.1 Å². The van der Waals surface area contributed by atoms with Crippen molar-refractivity contribution in [2.75, 3.05) is 26.0 Å². The fourth-order valence-corrected chi connectivity index (χ4v) is 4.87. The molecule has 1 fully saturated rings. The van der Waals surface area contributed by atoms with Gasteiger partial charge in [-0.3, -0.25) is 0 Å². The van der Waals surface area contributed by atoms with E-state index in [1.807, 2.05) is 18.3 Å². The minimum atomic E-state index is 0.409. The zero-order chi connectivity index (χ0) is 17.7. The molecular formula is C21H24N4O. The summed E-state index contributed by atoms with van der Waals surface area (Å²) in [6.07, 6.45) is 6.34. The molecule has 0 radical (unpaired) electrons. The highest BCUT2D eigenvalue weighted by molar-refractivity contribution is 5.88. The number of benzene rings is 1. The molecule has 1 saturated heterocycles. The normalized spacial score (nSPS) is 25.1. The molecule has 26 heavy (non-hydrogen) atoms. The Morgan fingerprint density at radius 1 is 1.27 bits per heavy atom. The fraction of sp³-hybridized carbons (Fsp3) is 0.381. The van der Waals surface area contributed by atoms with Gasteiger partial charge in [0.05, 0.1) is 19.0 Å². The fourth-order valence-electron chi connectivity index (χ4n) is 4.87. The van der Waals surface area contributed by atoms with Crippen molar-refractivity contribution in [3.63, 3.8) is 0 Å². The Bertz CT molecular complexity index is 933. The highest BCUT2D eigenvalue weighted by Crippen LogP contribution is 2.43. The van der Waals surface area contributed by atoms with Crippen molar-refractivity contribution in [1.82, 2.24) is 14.9 Å². The first-order valence-electron chi connectivity index (χ1n) is 9.28. The summed E-state index contributed by atoms with van der Waals surface area (Å²) < 4.78 is 5.15. The van der Waals surface area contributed by atoms with Crippen LogP contribution in [0.2, 0.25) is 0 Å². The van der Waals surface area contributed by atoms with Gasteiger partial charge >= 0.3 is 0 Å². The highest BCUT2D eigenvalue weighted by atomic mass is 16.5. The molecule has 0 bridgehead atoms. The number of fused-ring (bicyclic) bond motifs is 2. The molecule has 0 amide bonds. The van der Waals surface area contributed by atoms with Crippen LogP contribution in [0.25, 0.3) is 10.9 Å². The molecular weight excluding hydrogens is 324 g/mol. The Labute approximate surface area is 153 Å². The first-order valence-corrected chi connectivity index (χ1v) is 9.28. The van der Waals surface area contributed by atoms with Crippen molar-refractivity contribution in [2.45, 2.75) is 30.8 Å². The molecule has 3 atom stereocenters. The summed E-state index contributed by atoms with van der Waals surface area (Å²) in [6, 6.07) is 11.6. The number of aromatic amines is 1. The van der Waals surface area contributed by atoms with Crippen molar-refractivity contribution in [3.8, 4) is 5.88 Å². The van der Waals surface area contributed by atoms with Gasteiger partial charge in [-0.05, 0) is 43.1 Å². The van der Waals surface area contributed by atoms with Crippen molar-refractivity contribution in [1.29, 1.82) is 0 Å². The van der Waals surface area contributed by atoms with Gasteiger partial charge in [-0.1, -0.05) is 12.1 Å². The lowest BCUT2D eigenvalue weighted by Gasteiger charge is -2.45. The van der Waals surface area contributed by atoms with E-state index in [-0.39, 0.29) is 0 Å². The number of nitrogens with zero attached hydrogens (tertiary/aromatic N) is 2. The standard InChI is InChI=1S/C21H24N4O/c1-25-12-15(24-14-6-7-20(26-2)23-11-14)9-17-16-4-3-5-18-21(16)13(10-22-18)8-19(17)25/h3-7,10-11,15,17,19,22,24H,8-9,12H2,1-2H3/t15?,17?,19-/m1/s1. The molecule has 2 aromatic heterocycles. The molecule has 1 aliphatic carbocycles. The van der Waals surface area contributed by atoms with E-state index in [2.05, 4.69) is 51.6 Å². The van der Waals surface area contributed by atoms with Gasteiger partial charge < -0.3 is 19.9 Å². The predicted octanol–water partition coefficient (Wildman–Crippen LogP) is 3.40. The highest BCUT2D eigenvalue weighted by Gasteiger charge is 2.39. The zero-order valence-electron chi connectivity index (χ0n) is 15.2. The monoisotopic (exact) mass is 348 g/mol. The lowest BCUT2D eigenvalue weighted by Crippen LogP contribution is -2.51. The van der Waals surface area contributed by atoms with E-state index in [4.69, 9.17) is 4.74 Å². The van der Waals surface area contributed by atoms with Gasteiger partial charge in [0.1, 0.15) is 0 Å². The molecule has 5 nitrogen and oxygen atoms in total. The van der Waals surface area contributed by atoms with Gasteiger partial charge in [-0.2, -0.15) is 0 Å². The first-order chi connectivity index (χ1) is 12.7. The maximum absolute atomic E-state index is 5.15. The Morgan fingerprint density at radius 2 is 2.19 bits per heavy atom.